The topological polar surface area (TPSA) is 73.9 Å². The van der Waals surface area contributed by atoms with Crippen LogP contribution in [-0.4, -0.2) is 21.8 Å². The average molecular weight is 391 g/mol. The minimum atomic E-state index is -3.66. The fourth-order valence-electron chi connectivity index (χ4n) is 2.86. The molecule has 0 saturated carbocycles. The van der Waals surface area contributed by atoms with Crippen molar-refractivity contribution in [2.75, 3.05) is 13.4 Å². The molecule has 146 valence electrons. The zero-order chi connectivity index (χ0) is 19.7. The number of fused-ring (bicyclic) bond motifs is 1. The molecule has 3 rings (SSSR count). The molecule has 0 atom stereocenters. The number of rotatable bonds is 6. The van der Waals surface area contributed by atoms with E-state index in [0.29, 0.717) is 23.9 Å². The van der Waals surface area contributed by atoms with Gasteiger partial charge in [-0.3, -0.25) is 0 Å². The fraction of sp³-hybridized carbons (Fsp3) is 0.400. The number of hydrogen-bond acceptors (Lipinski definition) is 5. The number of nitrogens with one attached hydrogen (secondary N) is 1. The third-order valence-corrected chi connectivity index (χ3v) is 5.67. The average Bonchev–Trinajstić information content (AvgIpc) is 3.07. The minimum absolute atomic E-state index is 0.164. The lowest BCUT2D eigenvalue weighted by atomic mass is 9.86. The quantitative estimate of drug-likeness (QED) is 0.815. The normalized spacial score (nSPS) is 13.6. The monoisotopic (exact) mass is 391 g/mol. The van der Waals surface area contributed by atoms with Gasteiger partial charge in [0, 0.05) is 12.1 Å². The second kappa shape index (κ2) is 7.40. The molecular weight excluding hydrogens is 366 g/mol. The molecule has 0 bridgehead atoms. The molecular formula is C20H25NO5S. The number of ether oxygens (including phenoxy) is 3. The van der Waals surface area contributed by atoms with Gasteiger partial charge in [0.25, 0.3) is 0 Å². The maximum atomic E-state index is 12.8. The van der Waals surface area contributed by atoms with Crippen LogP contribution in [-0.2, 0) is 22.0 Å². The molecule has 0 saturated heterocycles. The molecule has 0 unspecified atom stereocenters. The molecule has 6 nitrogen and oxygen atoms in total. The zero-order valence-corrected chi connectivity index (χ0v) is 16.9. The van der Waals surface area contributed by atoms with E-state index in [1.54, 1.807) is 30.3 Å². The van der Waals surface area contributed by atoms with Gasteiger partial charge in [-0.1, -0.05) is 26.8 Å². The van der Waals surface area contributed by atoms with Crippen molar-refractivity contribution in [2.45, 2.75) is 44.6 Å². The summed E-state index contributed by atoms with van der Waals surface area (Å²) in [5.74, 6) is 2.01. The summed E-state index contributed by atoms with van der Waals surface area (Å²) in [5.41, 5.74) is 1.41. The Morgan fingerprint density at radius 1 is 1.07 bits per heavy atom. The maximum Gasteiger partial charge on any atom is 0.240 e. The first-order valence-corrected chi connectivity index (χ1v) is 10.3. The van der Waals surface area contributed by atoms with E-state index in [0.717, 1.165) is 11.1 Å². The highest BCUT2D eigenvalue weighted by atomic mass is 32.2. The molecule has 1 aliphatic heterocycles. The molecule has 7 heteroatoms. The van der Waals surface area contributed by atoms with Gasteiger partial charge in [0.2, 0.25) is 16.8 Å². The van der Waals surface area contributed by atoms with Gasteiger partial charge in [-0.05, 0) is 48.2 Å². The predicted octanol–water partition coefficient (Wildman–Crippen LogP) is 3.59. The Bertz CT molecular complexity index is 932. The zero-order valence-electron chi connectivity index (χ0n) is 16.0. The summed E-state index contributed by atoms with van der Waals surface area (Å²) < 4.78 is 44.5. The summed E-state index contributed by atoms with van der Waals surface area (Å²) in [4.78, 5) is 0.219. The summed E-state index contributed by atoms with van der Waals surface area (Å²) in [5, 5.41) is 0. The molecule has 27 heavy (non-hydrogen) atoms. The SMILES string of the molecule is CCOc1ccc(S(=O)(=O)NCc2ccc3c(c2)OCO3)cc1C(C)(C)C. The first kappa shape index (κ1) is 19.5. The van der Waals surface area contributed by atoms with Gasteiger partial charge in [0.05, 0.1) is 11.5 Å². The molecule has 2 aromatic rings. The molecule has 0 aliphatic carbocycles. The predicted molar refractivity (Wildman–Crippen MR) is 103 cm³/mol. The smallest absolute Gasteiger partial charge is 0.240 e. The largest absolute Gasteiger partial charge is 0.494 e. The van der Waals surface area contributed by atoms with E-state index in [2.05, 4.69) is 4.72 Å². The van der Waals surface area contributed by atoms with Gasteiger partial charge >= 0.3 is 0 Å². The van der Waals surface area contributed by atoms with Gasteiger partial charge in [-0.25, -0.2) is 13.1 Å². The standard InChI is InChI=1S/C20H25NO5S/c1-5-24-17-9-7-15(11-16(17)20(2,3)4)27(22,23)21-12-14-6-8-18-19(10-14)26-13-25-18/h6-11,21H,5,12-13H2,1-4H3. The highest BCUT2D eigenvalue weighted by Gasteiger charge is 2.23. The van der Waals surface area contributed by atoms with Crippen molar-refractivity contribution in [2.24, 2.45) is 0 Å². The number of hydrogen-bond donors (Lipinski definition) is 1. The van der Waals surface area contributed by atoms with Crippen molar-refractivity contribution in [3.63, 3.8) is 0 Å². The summed E-state index contributed by atoms with van der Waals surface area (Å²) in [6.07, 6.45) is 0. The van der Waals surface area contributed by atoms with Gasteiger partial charge in [0.1, 0.15) is 5.75 Å². The van der Waals surface area contributed by atoms with Crippen LogP contribution in [0.2, 0.25) is 0 Å². The highest BCUT2D eigenvalue weighted by Crippen LogP contribution is 2.34. The van der Waals surface area contributed by atoms with Gasteiger partial charge in [-0.15, -0.1) is 0 Å². The van der Waals surface area contributed by atoms with E-state index in [4.69, 9.17) is 14.2 Å². The third-order valence-electron chi connectivity index (χ3n) is 4.27. The van der Waals surface area contributed by atoms with Gasteiger partial charge in [-0.2, -0.15) is 0 Å². The van der Waals surface area contributed by atoms with Crippen LogP contribution >= 0.6 is 0 Å². The van der Waals surface area contributed by atoms with Crippen molar-refractivity contribution < 1.29 is 22.6 Å². The molecule has 0 amide bonds. The molecule has 0 fully saturated rings. The van der Waals surface area contributed by atoms with E-state index in [1.165, 1.54) is 0 Å². The first-order valence-electron chi connectivity index (χ1n) is 8.86. The van der Waals surface area contributed by atoms with Crippen LogP contribution in [0, 0.1) is 0 Å². The Labute approximate surface area is 160 Å². The van der Waals surface area contributed by atoms with Crippen LogP contribution in [0.5, 0.6) is 17.2 Å². The van der Waals surface area contributed by atoms with Gasteiger partial charge < -0.3 is 14.2 Å². The van der Waals surface area contributed by atoms with Gasteiger partial charge in [0.15, 0.2) is 11.5 Å². The Morgan fingerprint density at radius 2 is 1.81 bits per heavy atom. The minimum Gasteiger partial charge on any atom is -0.494 e. The molecule has 1 N–H and O–H groups in total. The lowest BCUT2D eigenvalue weighted by molar-refractivity contribution is 0.174. The third kappa shape index (κ3) is 4.36. The summed E-state index contributed by atoms with van der Waals surface area (Å²) in [6.45, 7) is 8.87. The molecule has 2 aromatic carbocycles. The highest BCUT2D eigenvalue weighted by molar-refractivity contribution is 7.89. The van der Waals surface area contributed by atoms with Crippen molar-refractivity contribution in [3.8, 4) is 17.2 Å². The van der Waals surface area contributed by atoms with Crippen molar-refractivity contribution in [3.05, 3.63) is 47.5 Å². The Hall–Kier alpha value is -2.25. The lowest BCUT2D eigenvalue weighted by Crippen LogP contribution is -2.24. The summed E-state index contributed by atoms with van der Waals surface area (Å²) in [6, 6.07) is 10.4. The molecule has 0 aromatic heterocycles. The second-order valence-corrected chi connectivity index (χ2v) is 9.12. The molecule has 0 radical (unpaired) electrons. The first-order chi connectivity index (χ1) is 12.7. The van der Waals surface area contributed by atoms with Crippen LogP contribution < -0.4 is 18.9 Å². The fourth-order valence-corrected chi connectivity index (χ4v) is 3.90. The summed E-state index contributed by atoms with van der Waals surface area (Å²) >= 11 is 0. The second-order valence-electron chi connectivity index (χ2n) is 7.35. The lowest BCUT2D eigenvalue weighted by Gasteiger charge is -2.23. The number of sulfonamides is 1. The summed E-state index contributed by atoms with van der Waals surface area (Å²) in [7, 11) is -3.66. The van der Waals surface area contributed by atoms with Crippen LogP contribution in [0.1, 0.15) is 38.8 Å². The van der Waals surface area contributed by atoms with Crippen LogP contribution in [0.15, 0.2) is 41.3 Å². The molecule has 1 aliphatic rings. The van der Waals surface area contributed by atoms with E-state index in [9.17, 15) is 8.42 Å². The van der Waals surface area contributed by atoms with Crippen LogP contribution in [0.3, 0.4) is 0 Å². The van der Waals surface area contributed by atoms with Crippen molar-refractivity contribution >= 4 is 10.0 Å². The number of benzene rings is 2. The maximum absolute atomic E-state index is 12.8. The van der Waals surface area contributed by atoms with Crippen LogP contribution in [0.25, 0.3) is 0 Å². The van der Waals surface area contributed by atoms with E-state index in [-0.39, 0.29) is 23.6 Å². The van der Waals surface area contributed by atoms with E-state index in [1.807, 2.05) is 33.8 Å². The van der Waals surface area contributed by atoms with Crippen molar-refractivity contribution in [1.82, 2.24) is 4.72 Å². The van der Waals surface area contributed by atoms with E-state index >= 15 is 0 Å². The van der Waals surface area contributed by atoms with Crippen molar-refractivity contribution in [1.29, 1.82) is 0 Å². The Balaban J connectivity index is 1.82. The molecule has 1 heterocycles. The Kier molecular flexibility index (Phi) is 5.35. The van der Waals surface area contributed by atoms with Crippen LogP contribution in [0.4, 0.5) is 0 Å². The molecule has 0 spiro atoms. The van der Waals surface area contributed by atoms with E-state index < -0.39 is 10.0 Å². The Morgan fingerprint density at radius 3 is 2.52 bits per heavy atom.